The molecule has 0 atom stereocenters. The maximum atomic E-state index is 13.6. The first-order valence-electron chi connectivity index (χ1n) is 13.6. The molecule has 1 aliphatic heterocycles. The van der Waals surface area contributed by atoms with Gasteiger partial charge in [0.05, 0.1) is 25.3 Å². The number of rotatable bonds is 14. The first-order valence-corrected chi connectivity index (χ1v) is 13.6. The lowest BCUT2D eigenvalue weighted by molar-refractivity contribution is -0.139. The number of benzene rings is 2. The lowest BCUT2D eigenvalue weighted by Gasteiger charge is -2.26. The Morgan fingerprint density at radius 1 is 1.07 bits per heavy atom. The van der Waals surface area contributed by atoms with Gasteiger partial charge in [0.1, 0.15) is 11.6 Å². The summed E-state index contributed by atoms with van der Waals surface area (Å²) in [5.74, 6) is -1.42. The van der Waals surface area contributed by atoms with Crippen LogP contribution in [0.25, 0.3) is 0 Å². The number of amidine groups is 1. The number of nitrogens with two attached hydrogens (primary N) is 1. The molecule has 0 unspecified atom stereocenters. The average molecular weight is 583 g/mol. The maximum absolute atomic E-state index is 13.6. The third-order valence-corrected chi connectivity index (χ3v) is 6.59. The smallest absolute Gasteiger partial charge is 0.341 e. The van der Waals surface area contributed by atoms with Crippen molar-refractivity contribution in [1.82, 2.24) is 10.2 Å². The van der Waals surface area contributed by atoms with E-state index >= 15 is 0 Å². The summed E-state index contributed by atoms with van der Waals surface area (Å²) in [5.41, 5.74) is 7.13. The van der Waals surface area contributed by atoms with E-state index in [1.165, 1.54) is 13.1 Å². The van der Waals surface area contributed by atoms with E-state index in [2.05, 4.69) is 5.32 Å². The maximum Gasteiger partial charge on any atom is 0.341 e. The van der Waals surface area contributed by atoms with Gasteiger partial charge in [0.2, 0.25) is 5.91 Å². The van der Waals surface area contributed by atoms with Crippen LogP contribution in [-0.4, -0.2) is 72.8 Å². The van der Waals surface area contributed by atoms with Gasteiger partial charge < -0.3 is 35.3 Å². The predicted octanol–water partition coefficient (Wildman–Crippen LogP) is 2.87. The molecule has 0 fully saturated rings. The van der Waals surface area contributed by atoms with E-state index in [-0.39, 0.29) is 60.7 Å². The van der Waals surface area contributed by atoms with E-state index in [1.807, 2.05) is 27.7 Å². The molecule has 1 aliphatic rings. The van der Waals surface area contributed by atoms with E-state index in [0.717, 1.165) is 5.56 Å². The van der Waals surface area contributed by atoms with Gasteiger partial charge in [-0.25, -0.2) is 4.79 Å². The van der Waals surface area contributed by atoms with Crippen molar-refractivity contribution in [2.45, 2.75) is 52.5 Å². The fourth-order valence-corrected chi connectivity index (χ4v) is 4.55. The number of carboxylic acids is 1. The summed E-state index contributed by atoms with van der Waals surface area (Å²) in [4.78, 5) is 50.1. The minimum Gasteiger partial charge on any atom is -0.493 e. The molecule has 0 bridgehead atoms. The van der Waals surface area contributed by atoms with Crippen LogP contribution in [0.1, 0.15) is 77.9 Å². The summed E-state index contributed by atoms with van der Waals surface area (Å²) >= 11 is 0. The fraction of sp³-hybridized carbons (Fsp3) is 0.433. The van der Waals surface area contributed by atoms with Crippen LogP contribution in [0.15, 0.2) is 24.3 Å². The molecule has 0 spiro atoms. The summed E-state index contributed by atoms with van der Waals surface area (Å²) < 4.78 is 17.2. The molecule has 0 aliphatic carbocycles. The Labute approximate surface area is 244 Å². The fourth-order valence-electron chi connectivity index (χ4n) is 4.55. The number of carboxylic acid groups (broad SMARTS) is 1. The van der Waals surface area contributed by atoms with Gasteiger partial charge in [-0.2, -0.15) is 0 Å². The number of aliphatic carboxylic acids is 1. The van der Waals surface area contributed by atoms with E-state index in [1.54, 1.807) is 23.1 Å². The molecule has 0 saturated carbocycles. The van der Waals surface area contributed by atoms with Crippen molar-refractivity contribution in [3.8, 4) is 17.2 Å². The number of fused-ring (bicyclic) bond motifs is 1. The highest BCUT2D eigenvalue weighted by atomic mass is 16.5. The topological polar surface area (TPSA) is 181 Å². The Morgan fingerprint density at radius 2 is 1.79 bits per heavy atom. The molecule has 3 rings (SSSR count). The minimum absolute atomic E-state index is 0.0928. The number of Topliss-reactive ketones (excluding diaryl/α,β-unsaturated/α-hetero) is 1. The SMILES string of the molecule is CCOc1cc2c(cc1C(=O)NC)C(=N)N(CC(=O)c1cc(OCCCC(N)=O)c(OCC(=O)O)c(C(C)(C)C)c1)C2. The van der Waals surface area contributed by atoms with E-state index in [9.17, 15) is 24.3 Å². The summed E-state index contributed by atoms with van der Waals surface area (Å²) in [6.45, 7) is 7.48. The van der Waals surface area contributed by atoms with E-state index < -0.39 is 23.9 Å². The second kappa shape index (κ2) is 13.4. The molecule has 12 nitrogen and oxygen atoms in total. The standard InChI is InChI=1S/C30H38N4O8/c1-6-40-23-12-18-14-34(28(32)19(18)13-20(23)29(39)33-5)15-22(35)17-10-21(30(2,3)4)27(42-16-26(37)38)24(11-17)41-9-7-8-25(31)36/h10-13,32H,6-9,14-16H2,1-5H3,(H2,31,36)(H,33,39)(H,37,38). The van der Waals surface area contributed by atoms with Gasteiger partial charge in [-0.15, -0.1) is 0 Å². The number of ether oxygens (including phenoxy) is 3. The Kier molecular flexibility index (Phi) is 10.2. The number of nitrogens with zero attached hydrogens (tertiary/aromatic N) is 1. The lowest BCUT2D eigenvalue weighted by atomic mass is 9.84. The van der Waals surface area contributed by atoms with Crippen molar-refractivity contribution in [1.29, 1.82) is 5.41 Å². The highest BCUT2D eigenvalue weighted by Crippen LogP contribution is 2.40. The van der Waals surface area contributed by atoms with Crippen LogP contribution in [0.2, 0.25) is 0 Å². The quantitative estimate of drug-likeness (QED) is 0.192. The number of nitrogens with one attached hydrogen (secondary N) is 2. The zero-order chi connectivity index (χ0) is 31.2. The van der Waals surface area contributed by atoms with Gasteiger partial charge in [0, 0.05) is 36.7 Å². The molecule has 12 heteroatoms. The molecule has 2 amide bonds. The van der Waals surface area contributed by atoms with Crippen molar-refractivity contribution in [3.05, 3.63) is 52.1 Å². The third kappa shape index (κ3) is 7.56. The van der Waals surface area contributed by atoms with Crippen molar-refractivity contribution >= 4 is 29.4 Å². The van der Waals surface area contributed by atoms with Crippen LogP contribution in [0.4, 0.5) is 0 Å². The predicted molar refractivity (Wildman–Crippen MR) is 155 cm³/mol. The largest absolute Gasteiger partial charge is 0.493 e. The summed E-state index contributed by atoms with van der Waals surface area (Å²) in [5, 5.41) is 20.5. The Bertz CT molecular complexity index is 1400. The van der Waals surface area contributed by atoms with Crippen LogP contribution < -0.4 is 25.3 Å². The van der Waals surface area contributed by atoms with Crippen molar-refractivity contribution < 1.29 is 38.5 Å². The van der Waals surface area contributed by atoms with Gasteiger partial charge in [-0.3, -0.25) is 19.8 Å². The summed E-state index contributed by atoms with van der Waals surface area (Å²) in [7, 11) is 1.52. The van der Waals surface area contributed by atoms with Gasteiger partial charge in [0.15, 0.2) is 23.9 Å². The highest BCUT2D eigenvalue weighted by molar-refractivity contribution is 6.07. The zero-order valence-electron chi connectivity index (χ0n) is 24.6. The zero-order valence-corrected chi connectivity index (χ0v) is 24.6. The van der Waals surface area contributed by atoms with Crippen LogP contribution in [0.5, 0.6) is 17.2 Å². The first-order chi connectivity index (χ1) is 19.8. The Balaban J connectivity index is 1.94. The number of carbonyl (C=O) groups is 4. The monoisotopic (exact) mass is 582 g/mol. The van der Waals surface area contributed by atoms with Crippen LogP contribution >= 0.6 is 0 Å². The van der Waals surface area contributed by atoms with E-state index in [4.69, 9.17) is 25.4 Å². The summed E-state index contributed by atoms with van der Waals surface area (Å²) in [6.07, 6.45) is 0.419. The molecule has 0 saturated heterocycles. The van der Waals surface area contributed by atoms with Crippen LogP contribution in [0.3, 0.4) is 0 Å². The summed E-state index contributed by atoms with van der Waals surface area (Å²) in [6, 6.07) is 6.48. The molecular formula is C30H38N4O8. The Morgan fingerprint density at radius 3 is 2.38 bits per heavy atom. The molecule has 5 N–H and O–H groups in total. The molecule has 42 heavy (non-hydrogen) atoms. The lowest BCUT2D eigenvalue weighted by Crippen LogP contribution is -2.30. The van der Waals surface area contributed by atoms with Gasteiger partial charge in [-0.05, 0) is 48.6 Å². The second-order valence-electron chi connectivity index (χ2n) is 10.8. The molecule has 0 aromatic heterocycles. The van der Waals surface area contributed by atoms with Crippen molar-refractivity contribution in [2.24, 2.45) is 5.73 Å². The molecule has 1 heterocycles. The molecular weight excluding hydrogens is 544 g/mol. The molecule has 2 aromatic rings. The number of hydrogen-bond acceptors (Lipinski definition) is 8. The second-order valence-corrected chi connectivity index (χ2v) is 10.8. The normalized spacial score (nSPS) is 12.5. The number of hydrogen-bond donors (Lipinski definition) is 4. The average Bonchev–Trinajstić information content (AvgIpc) is 3.21. The van der Waals surface area contributed by atoms with E-state index in [0.29, 0.717) is 35.5 Å². The number of carbonyl (C=O) groups excluding carboxylic acids is 3. The highest BCUT2D eigenvalue weighted by Gasteiger charge is 2.31. The Hall–Kier alpha value is -4.61. The van der Waals surface area contributed by atoms with Crippen molar-refractivity contribution in [2.75, 3.05) is 33.4 Å². The third-order valence-electron chi connectivity index (χ3n) is 6.59. The van der Waals surface area contributed by atoms with Gasteiger partial charge in [-0.1, -0.05) is 20.8 Å². The van der Waals surface area contributed by atoms with Crippen molar-refractivity contribution in [3.63, 3.8) is 0 Å². The number of amides is 2. The number of primary amides is 1. The van der Waals surface area contributed by atoms with Crippen LogP contribution in [0, 0.1) is 5.41 Å². The first kappa shape index (κ1) is 31.9. The molecule has 2 aromatic carbocycles. The minimum atomic E-state index is -1.17. The van der Waals surface area contributed by atoms with Gasteiger partial charge >= 0.3 is 5.97 Å². The molecule has 0 radical (unpaired) electrons. The number of ketones is 1. The van der Waals surface area contributed by atoms with Crippen LogP contribution in [-0.2, 0) is 21.5 Å². The molecule has 226 valence electrons. The van der Waals surface area contributed by atoms with Gasteiger partial charge in [0.25, 0.3) is 5.91 Å².